The number of methoxy groups -OCH3 is 2. The van der Waals surface area contributed by atoms with Gasteiger partial charge in [-0.05, 0) is 31.0 Å². The molecule has 3 rings (SSSR count). The lowest BCUT2D eigenvalue weighted by molar-refractivity contribution is -0.158. The Morgan fingerprint density at radius 3 is 2.83 bits per heavy atom. The molecule has 6 nitrogen and oxygen atoms in total. The third-order valence-corrected chi connectivity index (χ3v) is 4.42. The summed E-state index contributed by atoms with van der Waals surface area (Å²) in [6.07, 6.45) is 1.37. The van der Waals surface area contributed by atoms with E-state index in [1.807, 2.05) is 23.1 Å². The van der Waals surface area contributed by atoms with E-state index in [0.717, 1.165) is 36.4 Å². The Hall–Kier alpha value is -1.79. The summed E-state index contributed by atoms with van der Waals surface area (Å²) in [7, 11) is 3.28. The van der Waals surface area contributed by atoms with Crippen molar-refractivity contribution in [2.45, 2.75) is 25.0 Å². The van der Waals surface area contributed by atoms with Gasteiger partial charge in [-0.15, -0.1) is 0 Å². The van der Waals surface area contributed by atoms with E-state index in [4.69, 9.17) is 18.9 Å². The van der Waals surface area contributed by atoms with E-state index in [2.05, 4.69) is 0 Å². The van der Waals surface area contributed by atoms with Crippen LogP contribution in [0.4, 0.5) is 0 Å². The lowest BCUT2D eigenvalue weighted by Crippen LogP contribution is -2.45. The molecule has 2 unspecified atom stereocenters. The van der Waals surface area contributed by atoms with Crippen molar-refractivity contribution in [2.75, 3.05) is 40.6 Å². The molecule has 2 aliphatic rings. The van der Waals surface area contributed by atoms with Gasteiger partial charge in [0.15, 0.2) is 6.10 Å². The highest BCUT2D eigenvalue weighted by Crippen LogP contribution is 2.39. The molecule has 1 aromatic rings. The van der Waals surface area contributed by atoms with E-state index in [9.17, 15) is 4.79 Å². The van der Waals surface area contributed by atoms with Crippen molar-refractivity contribution in [3.63, 3.8) is 0 Å². The summed E-state index contributed by atoms with van der Waals surface area (Å²) in [4.78, 5) is 14.7. The van der Waals surface area contributed by atoms with Gasteiger partial charge in [-0.3, -0.25) is 4.79 Å². The number of carbonyl (C=O) groups excluding carboxylic acids is 1. The van der Waals surface area contributed by atoms with Crippen LogP contribution in [0.3, 0.4) is 0 Å². The molecule has 126 valence electrons. The topological polar surface area (TPSA) is 57.2 Å². The molecule has 2 heterocycles. The third-order valence-electron chi connectivity index (χ3n) is 4.42. The minimum absolute atomic E-state index is 0.00271. The summed E-state index contributed by atoms with van der Waals surface area (Å²) in [5.41, 5.74) is 0.981. The lowest BCUT2D eigenvalue weighted by Gasteiger charge is -2.31. The second kappa shape index (κ2) is 7.19. The molecule has 2 fully saturated rings. The number of ether oxygens (including phenoxy) is 4. The zero-order chi connectivity index (χ0) is 16.2. The Bertz CT molecular complexity index is 556. The molecular weight excluding hydrogens is 298 g/mol. The standard InChI is InChI=1S/C17H23NO5/c1-20-12-5-6-15(21-2)13(10-12)14-4-3-7-18(14)17(19)16-11-22-8-9-23-16/h5-6,10,14,16H,3-4,7-9,11H2,1-2H3. The quantitative estimate of drug-likeness (QED) is 0.846. The van der Waals surface area contributed by atoms with Crippen LogP contribution in [-0.4, -0.2) is 57.5 Å². The third kappa shape index (κ3) is 3.28. The van der Waals surface area contributed by atoms with Crippen molar-refractivity contribution in [1.82, 2.24) is 4.90 Å². The van der Waals surface area contributed by atoms with Crippen LogP contribution >= 0.6 is 0 Å². The number of hydrogen-bond donors (Lipinski definition) is 0. The highest BCUT2D eigenvalue weighted by molar-refractivity contribution is 5.82. The summed E-state index contributed by atoms with van der Waals surface area (Å²) in [5.74, 6) is 1.53. The Kier molecular flexibility index (Phi) is 5.03. The Labute approximate surface area is 136 Å². The van der Waals surface area contributed by atoms with Crippen molar-refractivity contribution < 1.29 is 23.7 Å². The molecule has 2 atom stereocenters. The first-order valence-corrected chi connectivity index (χ1v) is 7.96. The van der Waals surface area contributed by atoms with Crippen LogP contribution in [0.15, 0.2) is 18.2 Å². The van der Waals surface area contributed by atoms with Crippen LogP contribution in [0.2, 0.25) is 0 Å². The van der Waals surface area contributed by atoms with Gasteiger partial charge in [0, 0.05) is 12.1 Å². The second-order valence-electron chi connectivity index (χ2n) is 5.73. The highest BCUT2D eigenvalue weighted by Gasteiger charge is 2.36. The number of likely N-dealkylation sites (tertiary alicyclic amines) is 1. The Morgan fingerprint density at radius 1 is 1.26 bits per heavy atom. The lowest BCUT2D eigenvalue weighted by atomic mass is 10.0. The zero-order valence-corrected chi connectivity index (χ0v) is 13.6. The van der Waals surface area contributed by atoms with Crippen LogP contribution in [-0.2, 0) is 14.3 Å². The highest BCUT2D eigenvalue weighted by atomic mass is 16.6. The van der Waals surface area contributed by atoms with E-state index in [0.29, 0.717) is 19.8 Å². The molecule has 1 amide bonds. The predicted octanol–water partition coefficient (Wildman–Crippen LogP) is 1.78. The monoisotopic (exact) mass is 321 g/mol. The van der Waals surface area contributed by atoms with Gasteiger partial charge in [0.05, 0.1) is 40.1 Å². The fraction of sp³-hybridized carbons (Fsp3) is 0.588. The van der Waals surface area contributed by atoms with E-state index < -0.39 is 6.10 Å². The van der Waals surface area contributed by atoms with Gasteiger partial charge < -0.3 is 23.8 Å². The van der Waals surface area contributed by atoms with Crippen molar-refractivity contribution in [3.05, 3.63) is 23.8 Å². The first-order valence-electron chi connectivity index (χ1n) is 7.96. The first kappa shape index (κ1) is 16.1. The number of hydrogen-bond acceptors (Lipinski definition) is 5. The van der Waals surface area contributed by atoms with Crippen molar-refractivity contribution >= 4 is 5.91 Å². The summed E-state index contributed by atoms with van der Waals surface area (Å²) < 4.78 is 21.7. The maximum atomic E-state index is 12.8. The SMILES string of the molecule is COc1ccc(OC)c(C2CCCN2C(=O)C2COCCO2)c1. The molecule has 0 aromatic heterocycles. The van der Waals surface area contributed by atoms with E-state index in [1.165, 1.54) is 0 Å². The van der Waals surface area contributed by atoms with Crippen molar-refractivity contribution in [3.8, 4) is 11.5 Å². The van der Waals surface area contributed by atoms with Crippen LogP contribution < -0.4 is 9.47 Å². The number of rotatable bonds is 4. The van der Waals surface area contributed by atoms with Crippen molar-refractivity contribution in [2.24, 2.45) is 0 Å². The fourth-order valence-electron chi connectivity index (χ4n) is 3.27. The number of amides is 1. The second-order valence-corrected chi connectivity index (χ2v) is 5.73. The average Bonchev–Trinajstić information content (AvgIpc) is 3.10. The molecule has 2 aliphatic heterocycles. The molecule has 0 N–H and O–H groups in total. The van der Waals surface area contributed by atoms with Gasteiger partial charge in [-0.2, -0.15) is 0 Å². The largest absolute Gasteiger partial charge is 0.497 e. The smallest absolute Gasteiger partial charge is 0.254 e. The molecule has 1 aromatic carbocycles. The number of carbonyl (C=O) groups is 1. The Morgan fingerprint density at radius 2 is 2.13 bits per heavy atom. The van der Waals surface area contributed by atoms with E-state index in [1.54, 1.807) is 14.2 Å². The summed E-state index contributed by atoms with van der Waals surface area (Å²) >= 11 is 0. The molecule has 2 saturated heterocycles. The van der Waals surface area contributed by atoms with Gasteiger partial charge in [-0.25, -0.2) is 0 Å². The van der Waals surface area contributed by atoms with Crippen molar-refractivity contribution in [1.29, 1.82) is 0 Å². The van der Waals surface area contributed by atoms with Gasteiger partial charge in [-0.1, -0.05) is 0 Å². The first-order chi connectivity index (χ1) is 11.2. The maximum Gasteiger partial charge on any atom is 0.254 e. The normalized spacial score (nSPS) is 24.5. The molecule has 0 spiro atoms. The van der Waals surface area contributed by atoms with Gasteiger partial charge >= 0.3 is 0 Å². The maximum absolute atomic E-state index is 12.8. The van der Waals surface area contributed by atoms with E-state index >= 15 is 0 Å². The van der Waals surface area contributed by atoms with Crippen LogP contribution in [0.5, 0.6) is 11.5 Å². The van der Waals surface area contributed by atoms with Crippen LogP contribution in [0.25, 0.3) is 0 Å². The summed E-state index contributed by atoms with van der Waals surface area (Å²) in [5, 5.41) is 0. The molecule has 23 heavy (non-hydrogen) atoms. The predicted molar refractivity (Wildman–Crippen MR) is 83.8 cm³/mol. The zero-order valence-electron chi connectivity index (χ0n) is 13.6. The molecule has 0 bridgehead atoms. The average molecular weight is 321 g/mol. The minimum atomic E-state index is -0.499. The molecule has 0 radical (unpaired) electrons. The molecule has 6 heteroatoms. The number of benzene rings is 1. The van der Waals surface area contributed by atoms with E-state index in [-0.39, 0.29) is 11.9 Å². The molecule has 0 saturated carbocycles. The van der Waals surface area contributed by atoms with Gasteiger partial charge in [0.25, 0.3) is 5.91 Å². The minimum Gasteiger partial charge on any atom is -0.497 e. The summed E-state index contributed by atoms with van der Waals surface area (Å²) in [6, 6.07) is 5.68. The van der Waals surface area contributed by atoms with Gasteiger partial charge in [0.1, 0.15) is 11.5 Å². The fourth-order valence-corrected chi connectivity index (χ4v) is 3.27. The molecular formula is C17H23NO5. The van der Waals surface area contributed by atoms with Crippen LogP contribution in [0.1, 0.15) is 24.4 Å². The Balaban J connectivity index is 1.84. The number of nitrogens with zero attached hydrogens (tertiary/aromatic N) is 1. The van der Waals surface area contributed by atoms with Gasteiger partial charge in [0.2, 0.25) is 0 Å². The van der Waals surface area contributed by atoms with Crippen LogP contribution in [0, 0.1) is 0 Å². The summed E-state index contributed by atoms with van der Waals surface area (Å²) in [6.45, 7) is 2.08. The molecule has 0 aliphatic carbocycles.